The zero-order valence-electron chi connectivity index (χ0n) is 9.81. The Bertz CT molecular complexity index is 464. The maximum Gasteiger partial charge on any atom is 0.416 e. The van der Waals surface area contributed by atoms with Crippen LogP contribution in [0.1, 0.15) is 31.4 Å². The molecule has 0 saturated carbocycles. The predicted molar refractivity (Wildman–Crippen MR) is 56.7 cm³/mol. The summed E-state index contributed by atoms with van der Waals surface area (Å²) in [6.07, 6.45) is -4.98. The van der Waals surface area contributed by atoms with E-state index in [4.69, 9.17) is 5.11 Å². The van der Waals surface area contributed by atoms with Gasteiger partial charge in [-0.25, -0.2) is 4.39 Å². The normalized spacial score (nSPS) is 12.6. The first-order valence-corrected chi connectivity index (χ1v) is 5.13. The number of aliphatic carboxylic acids is 1. The molecule has 0 heterocycles. The van der Waals surface area contributed by atoms with Gasteiger partial charge in [0.05, 0.1) is 12.0 Å². The van der Waals surface area contributed by atoms with E-state index in [1.54, 1.807) is 0 Å². The fourth-order valence-corrected chi connectivity index (χ4v) is 1.71. The van der Waals surface area contributed by atoms with Crippen molar-refractivity contribution in [2.75, 3.05) is 0 Å². The van der Waals surface area contributed by atoms with Crippen molar-refractivity contribution in [2.24, 2.45) is 0 Å². The molecular formula is C12H12F4O2. The van der Waals surface area contributed by atoms with Gasteiger partial charge in [-0.1, -0.05) is 19.9 Å². The third-order valence-electron chi connectivity index (χ3n) is 2.62. The van der Waals surface area contributed by atoms with E-state index in [9.17, 15) is 22.4 Å². The van der Waals surface area contributed by atoms with E-state index in [2.05, 4.69) is 0 Å². The fraction of sp³-hybridized carbons (Fsp3) is 0.417. The minimum atomic E-state index is -4.61. The largest absolute Gasteiger partial charge is 0.481 e. The zero-order chi connectivity index (χ0) is 14.1. The van der Waals surface area contributed by atoms with Crippen molar-refractivity contribution in [2.45, 2.75) is 31.9 Å². The molecule has 0 unspecified atom stereocenters. The Morgan fingerprint density at radius 3 is 2.22 bits per heavy atom. The summed E-state index contributed by atoms with van der Waals surface area (Å²) in [5.74, 6) is -2.18. The number of alkyl halides is 3. The first kappa shape index (κ1) is 14.5. The first-order chi connectivity index (χ1) is 8.04. The van der Waals surface area contributed by atoms with Crippen molar-refractivity contribution in [1.82, 2.24) is 0 Å². The first-order valence-electron chi connectivity index (χ1n) is 5.13. The maximum atomic E-state index is 13.6. The smallest absolute Gasteiger partial charge is 0.416 e. The van der Waals surface area contributed by atoms with Crippen molar-refractivity contribution in [3.63, 3.8) is 0 Å². The van der Waals surface area contributed by atoms with Crippen LogP contribution in [0.4, 0.5) is 17.6 Å². The van der Waals surface area contributed by atoms with Crippen LogP contribution < -0.4 is 0 Å². The molecule has 0 atom stereocenters. The highest BCUT2D eigenvalue weighted by Crippen LogP contribution is 2.34. The van der Waals surface area contributed by atoms with Crippen molar-refractivity contribution >= 4 is 5.97 Å². The molecule has 6 heteroatoms. The molecule has 0 saturated heterocycles. The standard InChI is InChI=1S/C12H12F4O2/c1-11(2,6-10(17)18)8-4-3-7(5-9(8)13)12(14,15)16/h3-5H,6H2,1-2H3,(H,17,18). The second-order valence-corrected chi connectivity index (χ2v) is 4.65. The molecule has 0 fully saturated rings. The summed E-state index contributed by atoms with van der Waals surface area (Å²) in [6, 6.07) is 2.13. The number of halogens is 4. The Hall–Kier alpha value is -1.59. The van der Waals surface area contributed by atoms with Gasteiger partial charge in [-0.3, -0.25) is 4.79 Å². The van der Waals surface area contributed by atoms with E-state index in [0.29, 0.717) is 6.07 Å². The summed E-state index contributed by atoms with van der Waals surface area (Å²) in [4.78, 5) is 10.6. The van der Waals surface area contributed by atoms with E-state index in [-0.39, 0.29) is 12.0 Å². The average molecular weight is 264 g/mol. The highest BCUT2D eigenvalue weighted by atomic mass is 19.4. The van der Waals surface area contributed by atoms with Crippen LogP contribution in [-0.4, -0.2) is 11.1 Å². The number of hydrogen-bond acceptors (Lipinski definition) is 1. The highest BCUT2D eigenvalue weighted by Gasteiger charge is 2.33. The number of carbonyl (C=O) groups is 1. The van der Waals surface area contributed by atoms with E-state index in [1.807, 2.05) is 0 Å². The van der Waals surface area contributed by atoms with E-state index >= 15 is 0 Å². The van der Waals surface area contributed by atoms with Crippen molar-refractivity contribution in [3.05, 3.63) is 35.1 Å². The lowest BCUT2D eigenvalue weighted by atomic mass is 9.81. The lowest BCUT2D eigenvalue weighted by Gasteiger charge is -2.24. The van der Waals surface area contributed by atoms with Gasteiger partial charge in [-0.15, -0.1) is 0 Å². The summed E-state index contributed by atoms with van der Waals surface area (Å²) >= 11 is 0. The SMILES string of the molecule is CC(C)(CC(=O)O)c1ccc(C(F)(F)F)cc1F. The lowest BCUT2D eigenvalue weighted by Crippen LogP contribution is -2.23. The van der Waals surface area contributed by atoms with Crippen LogP contribution in [-0.2, 0) is 16.4 Å². The van der Waals surface area contributed by atoms with Gasteiger partial charge in [0.25, 0.3) is 0 Å². The van der Waals surface area contributed by atoms with Crippen molar-refractivity contribution < 1.29 is 27.5 Å². The van der Waals surface area contributed by atoms with Gasteiger partial charge in [0, 0.05) is 5.41 Å². The van der Waals surface area contributed by atoms with E-state index in [0.717, 1.165) is 12.1 Å². The summed E-state index contributed by atoms with van der Waals surface area (Å²) in [5.41, 5.74) is -2.20. The second-order valence-electron chi connectivity index (χ2n) is 4.65. The van der Waals surface area contributed by atoms with Crippen LogP contribution in [0.2, 0.25) is 0 Å². The number of carboxylic acid groups (broad SMARTS) is 1. The molecule has 0 spiro atoms. The van der Waals surface area contributed by atoms with Gasteiger partial charge in [0.1, 0.15) is 5.82 Å². The van der Waals surface area contributed by atoms with Gasteiger partial charge >= 0.3 is 12.1 Å². The highest BCUT2D eigenvalue weighted by molar-refractivity contribution is 5.68. The summed E-state index contributed by atoms with van der Waals surface area (Å²) < 4.78 is 50.7. The number of carboxylic acids is 1. The molecule has 2 nitrogen and oxygen atoms in total. The molecule has 0 radical (unpaired) electrons. The van der Waals surface area contributed by atoms with Gasteiger partial charge in [-0.05, 0) is 17.7 Å². The lowest BCUT2D eigenvalue weighted by molar-refractivity contribution is -0.139. The van der Waals surface area contributed by atoms with Crippen LogP contribution in [0.5, 0.6) is 0 Å². The van der Waals surface area contributed by atoms with Crippen molar-refractivity contribution in [1.29, 1.82) is 0 Å². The molecule has 1 aromatic carbocycles. The van der Waals surface area contributed by atoms with Gasteiger partial charge in [0.2, 0.25) is 0 Å². The van der Waals surface area contributed by atoms with Crippen LogP contribution in [0.25, 0.3) is 0 Å². The molecule has 0 aliphatic rings. The maximum absolute atomic E-state index is 13.6. The predicted octanol–water partition coefficient (Wildman–Crippen LogP) is 3.60. The van der Waals surface area contributed by atoms with E-state index < -0.39 is 28.9 Å². The molecule has 0 bridgehead atoms. The Morgan fingerprint density at radius 2 is 1.83 bits per heavy atom. The summed E-state index contributed by atoms with van der Waals surface area (Å²) in [7, 11) is 0. The number of benzene rings is 1. The summed E-state index contributed by atoms with van der Waals surface area (Å²) in [6.45, 7) is 2.93. The Morgan fingerprint density at radius 1 is 1.28 bits per heavy atom. The molecular weight excluding hydrogens is 252 g/mol. The molecule has 1 rings (SSSR count). The topological polar surface area (TPSA) is 37.3 Å². The van der Waals surface area contributed by atoms with Gasteiger partial charge < -0.3 is 5.11 Å². The molecule has 0 aliphatic heterocycles. The van der Waals surface area contributed by atoms with Crippen LogP contribution in [0, 0.1) is 5.82 Å². The van der Waals surface area contributed by atoms with Crippen LogP contribution >= 0.6 is 0 Å². The number of hydrogen-bond donors (Lipinski definition) is 1. The van der Waals surface area contributed by atoms with Crippen LogP contribution in [0.15, 0.2) is 18.2 Å². The van der Waals surface area contributed by atoms with Gasteiger partial charge in [-0.2, -0.15) is 13.2 Å². The molecule has 0 aliphatic carbocycles. The Labute approximate surface area is 101 Å². The molecule has 0 aromatic heterocycles. The zero-order valence-corrected chi connectivity index (χ0v) is 9.81. The molecule has 0 amide bonds. The van der Waals surface area contributed by atoms with Gasteiger partial charge in [0.15, 0.2) is 0 Å². The van der Waals surface area contributed by atoms with E-state index in [1.165, 1.54) is 13.8 Å². The molecule has 18 heavy (non-hydrogen) atoms. The minimum absolute atomic E-state index is 0.0436. The fourth-order valence-electron chi connectivity index (χ4n) is 1.71. The number of rotatable bonds is 3. The summed E-state index contributed by atoms with van der Waals surface area (Å²) in [5, 5.41) is 8.68. The third kappa shape index (κ3) is 3.21. The second kappa shape index (κ2) is 4.59. The minimum Gasteiger partial charge on any atom is -0.481 e. The monoisotopic (exact) mass is 264 g/mol. The Balaban J connectivity index is 3.17. The quantitative estimate of drug-likeness (QED) is 0.847. The molecule has 1 aromatic rings. The molecule has 100 valence electrons. The van der Waals surface area contributed by atoms with Crippen LogP contribution in [0.3, 0.4) is 0 Å². The average Bonchev–Trinajstić information content (AvgIpc) is 2.13. The Kier molecular flexibility index (Phi) is 3.69. The van der Waals surface area contributed by atoms with Crippen molar-refractivity contribution in [3.8, 4) is 0 Å². The molecule has 1 N–H and O–H groups in total. The third-order valence-corrected chi connectivity index (χ3v) is 2.62.